The SMILES string of the molecule is CC[C@H](Oc1ccc(C)cc1C)C(=O)Nc1ccc(N2CCOCC2)cc1. The Morgan fingerprint density at radius 1 is 1.15 bits per heavy atom. The maximum absolute atomic E-state index is 12.6. The summed E-state index contributed by atoms with van der Waals surface area (Å²) in [5, 5.41) is 2.97. The molecule has 1 amide bonds. The van der Waals surface area contributed by atoms with Crippen molar-refractivity contribution < 1.29 is 14.3 Å². The molecule has 3 rings (SSSR count). The fourth-order valence-electron chi connectivity index (χ4n) is 3.21. The lowest BCUT2D eigenvalue weighted by Gasteiger charge is -2.29. The summed E-state index contributed by atoms with van der Waals surface area (Å²) in [6.45, 7) is 9.30. The number of hydrogen-bond acceptors (Lipinski definition) is 4. The van der Waals surface area contributed by atoms with Gasteiger partial charge < -0.3 is 19.7 Å². The van der Waals surface area contributed by atoms with Gasteiger partial charge in [0.15, 0.2) is 6.10 Å². The lowest BCUT2D eigenvalue weighted by Crippen LogP contribution is -2.36. The number of nitrogens with one attached hydrogen (secondary N) is 1. The van der Waals surface area contributed by atoms with Gasteiger partial charge in [0.25, 0.3) is 5.91 Å². The van der Waals surface area contributed by atoms with Crippen LogP contribution in [0.5, 0.6) is 5.75 Å². The van der Waals surface area contributed by atoms with Crippen LogP contribution in [0.4, 0.5) is 11.4 Å². The highest BCUT2D eigenvalue weighted by Gasteiger charge is 2.19. The average molecular weight is 368 g/mol. The van der Waals surface area contributed by atoms with Crippen molar-refractivity contribution in [3.05, 3.63) is 53.6 Å². The van der Waals surface area contributed by atoms with Crippen molar-refractivity contribution in [2.45, 2.75) is 33.3 Å². The van der Waals surface area contributed by atoms with E-state index in [1.807, 2.05) is 57.2 Å². The second-order valence-electron chi connectivity index (χ2n) is 6.92. The van der Waals surface area contributed by atoms with Crippen LogP contribution in [0.1, 0.15) is 24.5 Å². The molecule has 2 aromatic rings. The van der Waals surface area contributed by atoms with E-state index >= 15 is 0 Å². The first kappa shape index (κ1) is 19.2. The summed E-state index contributed by atoms with van der Waals surface area (Å²) in [6, 6.07) is 13.9. The number of amides is 1. The van der Waals surface area contributed by atoms with Gasteiger partial charge in [-0.25, -0.2) is 0 Å². The van der Waals surface area contributed by atoms with Crippen molar-refractivity contribution in [3.8, 4) is 5.75 Å². The molecular weight excluding hydrogens is 340 g/mol. The summed E-state index contributed by atoms with van der Waals surface area (Å²) >= 11 is 0. The molecule has 0 bridgehead atoms. The number of benzene rings is 2. The van der Waals surface area contributed by atoms with Crippen LogP contribution in [0.3, 0.4) is 0 Å². The Bertz CT molecular complexity index is 768. The molecule has 27 heavy (non-hydrogen) atoms. The molecule has 5 heteroatoms. The van der Waals surface area contributed by atoms with Crippen LogP contribution >= 0.6 is 0 Å². The number of morpholine rings is 1. The summed E-state index contributed by atoms with van der Waals surface area (Å²) < 4.78 is 11.4. The van der Waals surface area contributed by atoms with Crippen LogP contribution < -0.4 is 15.0 Å². The van der Waals surface area contributed by atoms with E-state index in [2.05, 4.69) is 16.3 Å². The molecule has 1 saturated heterocycles. The first-order chi connectivity index (χ1) is 13.1. The van der Waals surface area contributed by atoms with Crippen LogP contribution in [0, 0.1) is 13.8 Å². The Labute approximate surface area is 161 Å². The van der Waals surface area contributed by atoms with Crippen LogP contribution in [0.15, 0.2) is 42.5 Å². The van der Waals surface area contributed by atoms with Crippen LogP contribution in [0.2, 0.25) is 0 Å². The molecule has 0 saturated carbocycles. The molecule has 1 atom stereocenters. The van der Waals surface area contributed by atoms with E-state index in [-0.39, 0.29) is 5.91 Å². The molecule has 0 aromatic heterocycles. The molecule has 1 aliphatic heterocycles. The Morgan fingerprint density at radius 2 is 1.85 bits per heavy atom. The zero-order valence-electron chi connectivity index (χ0n) is 16.3. The Balaban J connectivity index is 1.62. The highest BCUT2D eigenvalue weighted by molar-refractivity contribution is 5.94. The maximum Gasteiger partial charge on any atom is 0.265 e. The standard InChI is InChI=1S/C22H28N2O3/c1-4-20(27-21-10-5-16(2)15-17(21)3)22(25)23-18-6-8-19(9-7-18)24-11-13-26-14-12-24/h5-10,15,20H,4,11-14H2,1-3H3,(H,23,25)/t20-/m0/s1. The molecule has 0 unspecified atom stereocenters. The Kier molecular flexibility index (Phi) is 6.35. The smallest absolute Gasteiger partial charge is 0.265 e. The molecule has 1 aliphatic rings. The minimum atomic E-state index is -0.523. The number of anilines is 2. The summed E-state index contributed by atoms with van der Waals surface area (Å²) in [6.07, 6.45) is 0.0793. The second-order valence-corrected chi connectivity index (χ2v) is 6.92. The topological polar surface area (TPSA) is 50.8 Å². The number of aryl methyl sites for hydroxylation is 2. The van der Waals surface area contributed by atoms with E-state index in [9.17, 15) is 4.79 Å². The number of carbonyl (C=O) groups excluding carboxylic acids is 1. The predicted octanol–water partition coefficient (Wildman–Crippen LogP) is 3.94. The number of hydrogen-bond donors (Lipinski definition) is 1. The molecule has 1 heterocycles. The van der Waals surface area contributed by atoms with Gasteiger partial charge in [-0.1, -0.05) is 24.6 Å². The molecule has 0 radical (unpaired) electrons. The number of carbonyl (C=O) groups is 1. The van der Waals surface area contributed by atoms with Crippen LogP contribution in [-0.4, -0.2) is 38.3 Å². The van der Waals surface area contributed by atoms with Gasteiger partial charge in [0, 0.05) is 24.5 Å². The van der Waals surface area contributed by atoms with Crippen LogP contribution in [0.25, 0.3) is 0 Å². The largest absolute Gasteiger partial charge is 0.480 e. The molecule has 5 nitrogen and oxygen atoms in total. The number of rotatable bonds is 6. The van der Waals surface area contributed by atoms with Crippen molar-refractivity contribution in [2.75, 3.05) is 36.5 Å². The van der Waals surface area contributed by atoms with Gasteiger partial charge in [-0.05, 0) is 56.2 Å². The van der Waals surface area contributed by atoms with Gasteiger partial charge >= 0.3 is 0 Å². The van der Waals surface area contributed by atoms with Gasteiger partial charge in [-0.3, -0.25) is 4.79 Å². The zero-order chi connectivity index (χ0) is 19.2. The number of ether oxygens (including phenoxy) is 2. The Hall–Kier alpha value is -2.53. The number of nitrogens with zero attached hydrogens (tertiary/aromatic N) is 1. The lowest BCUT2D eigenvalue weighted by atomic mass is 10.1. The van der Waals surface area contributed by atoms with E-state index in [1.54, 1.807) is 0 Å². The monoisotopic (exact) mass is 368 g/mol. The average Bonchev–Trinajstić information content (AvgIpc) is 2.68. The quantitative estimate of drug-likeness (QED) is 0.839. The zero-order valence-corrected chi connectivity index (χ0v) is 16.3. The molecule has 0 aliphatic carbocycles. The Morgan fingerprint density at radius 3 is 2.48 bits per heavy atom. The third-order valence-corrected chi connectivity index (χ3v) is 4.77. The molecule has 1 N–H and O–H groups in total. The van der Waals surface area contributed by atoms with Crippen LogP contribution in [-0.2, 0) is 9.53 Å². The molecule has 1 fully saturated rings. The fourth-order valence-corrected chi connectivity index (χ4v) is 3.21. The molecule has 144 valence electrons. The van der Waals surface area contributed by atoms with Crippen molar-refractivity contribution in [2.24, 2.45) is 0 Å². The summed E-state index contributed by atoms with van der Waals surface area (Å²) in [4.78, 5) is 14.9. The predicted molar refractivity (Wildman–Crippen MR) is 109 cm³/mol. The van der Waals surface area contributed by atoms with Crippen molar-refractivity contribution >= 4 is 17.3 Å². The van der Waals surface area contributed by atoms with Crippen molar-refractivity contribution in [3.63, 3.8) is 0 Å². The third-order valence-electron chi connectivity index (χ3n) is 4.77. The van der Waals surface area contributed by atoms with Gasteiger partial charge in [0.1, 0.15) is 5.75 Å². The van der Waals surface area contributed by atoms with E-state index in [1.165, 1.54) is 5.56 Å². The summed E-state index contributed by atoms with van der Waals surface area (Å²) in [7, 11) is 0. The molecular formula is C22H28N2O3. The van der Waals surface area contributed by atoms with Gasteiger partial charge in [0.2, 0.25) is 0 Å². The minimum absolute atomic E-state index is 0.128. The van der Waals surface area contributed by atoms with Gasteiger partial charge in [0.05, 0.1) is 13.2 Å². The fraction of sp³-hybridized carbons (Fsp3) is 0.409. The van der Waals surface area contributed by atoms with E-state index in [4.69, 9.17) is 9.47 Å². The maximum atomic E-state index is 12.6. The minimum Gasteiger partial charge on any atom is -0.480 e. The lowest BCUT2D eigenvalue weighted by molar-refractivity contribution is -0.122. The van der Waals surface area contributed by atoms with E-state index in [0.717, 1.165) is 49.0 Å². The van der Waals surface area contributed by atoms with E-state index < -0.39 is 6.10 Å². The van der Waals surface area contributed by atoms with Gasteiger partial charge in [-0.15, -0.1) is 0 Å². The van der Waals surface area contributed by atoms with E-state index in [0.29, 0.717) is 6.42 Å². The summed E-state index contributed by atoms with van der Waals surface area (Å²) in [5.74, 6) is 0.627. The first-order valence-corrected chi connectivity index (χ1v) is 9.54. The molecule has 0 spiro atoms. The van der Waals surface area contributed by atoms with Crippen molar-refractivity contribution in [1.29, 1.82) is 0 Å². The highest BCUT2D eigenvalue weighted by Crippen LogP contribution is 2.22. The highest BCUT2D eigenvalue weighted by atomic mass is 16.5. The van der Waals surface area contributed by atoms with Gasteiger partial charge in [-0.2, -0.15) is 0 Å². The third kappa shape index (κ3) is 5.01. The van der Waals surface area contributed by atoms with Crippen molar-refractivity contribution in [1.82, 2.24) is 0 Å². The molecule has 2 aromatic carbocycles. The summed E-state index contributed by atoms with van der Waals surface area (Å²) in [5.41, 5.74) is 4.14. The second kappa shape index (κ2) is 8.91. The normalized spacial score (nSPS) is 15.3. The first-order valence-electron chi connectivity index (χ1n) is 9.54.